The summed E-state index contributed by atoms with van der Waals surface area (Å²) >= 11 is 8.01. The number of likely N-dealkylation sites (N-methyl/N-ethyl adjacent to an activating group) is 1. The van der Waals surface area contributed by atoms with Crippen molar-refractivity contribution < 1.29 is 0 Å². The van der Waals surface area contributed by atoms with Gasteiger partial charge in [0, 0.05) is 16.7 Å². The predicted molar refractivity (Wildman–Crippen MR) is 89.9 cm³/mol. The van der Waals surface area contributed by atoms with Crippen LogP contribution in [-0.4, -0.2) is 18.8 Å². The van der Waals surface area contributed by atoms with Crippen molar-refractivity contribution in [3.05, 3.63) is 64.7 Å². The Morgan fingerprint density at radius 1 is 1.10 bits per heavy atom. The molecule has 0 spiro atoms. The van der Waals surface area contributed by atoms with Gasteiger partial charge in [-0.25, -0.2) is 0 Å². The number of nitrogens with one attached hydrogen (secondary N) is 1. The zero-order valence-electron chi connectivity index (χ0n) is 11.9. The van der Waals surface area contributed by atoms with Gasteiger partial charge in [-0.15, -0.1) is 11.8 Å². The van der Waals surface area contributed by atoms with E-state index in [2.05, 4.69) is 42.6 Å². The van der Waals surface area contributed by atoms with Gasteiger partial charge in [0.25, 0.3) is 0 Å². The van der Waals surface area contributed by atoms with Crippen molar-refractivity contribution in [3.63, 3.8) is 0 Å². The number of benzene rings is 2. The van der Waals surface area contributed by atoms with Crippen LogP contribution in [0.4, 0.5) is 0 Å². The summed E-state index contributed by atoms with van der Waals surface area (Å²) in [6, 6.07) is 17.0. The number of hydrogen-bond acceptors (Lipinski definition) is 2. The van der Waals surface area contributed by atoms with E-state index >= 15 is 0 Å². The standard InChI is InChI=1S/C17H20ClNS/c1-13-7-3-4-8-14(13)11-15(19-2)12-20-17-10-6-5-9-16(17)18/h3-10,15,19H,11-12H2,1-2H3. The molecule has 0 fully saturated rings. The molecule has 0 bridgehead atoms. The van der Waals surface area contributed by atoms with Crippen molar-refractivity contribution in [1.82, 2.24) is 5.32 Å². The van der Waals surface area contributed by atoms with Gasteiger partial charge in [-0.2, -0.15) is 0 Å². The second-order valence-corrected chi connectivity index (χ2v) is 6.33. The van der Waals surface area contributed by atoms with E-state index in [9.17, 15) is 0 Å². The number of aryl methyl sites for hydroxylation is 1. The van der Waals surface area contributed by atoms with E-state index in [0.29, 0.717) is 6.04 Å². The van der Waals surface area contributed by atoms with Gasteiger partial charge in [0.15, 0.2) is 0 Å². The lowest BCUT2D eigenvalue weighted by Gasteiger charge is -2.17. The molecule has 0 aliphatic carbocycles. The fraction of sp³-hybridized carbons (Fsp3) is 0.294. The van der Waals surface area contributed by atoms with Crippen molar-refractivity contribution in [2.75, 3.05) is 12.8 Å². The average molecular weight is 306 g/mol. The predicted octanol–water partition coefficient (Wildman–Crippen LogP) is 4.57. The van der Waals surface area contributed by atoms with Crippen LogP contribution in [-0.2, 0) is 6.42 Å². The highest BCUT2D eigenvalue weighted by molar-refractivity contribution is 7.99. The fourth-order valence-corrected chi connectivity index (χ4v) is 3.45. The van der Waals surface area contributed by atoms with Crippen molar-refractivity contribution in [3.8, 4) is 0 Å². The smallest absolute Gasteiger partial charge is 0.0541 e. The third-order valence-corrected chi connectivity index (χ3v) is 5.09. The molecule has 0 amide bonds. The molecule has 0 saturated carbocycles. The Hall–Kier alpha value is -0.960. The van der Waals surface area contributed by atoms with Gasteiger partial charge >= 0.3 is 0 Å². The molecule has 0 aromatic heterocycles. The van der Waals surface area contributed by atoms with Gasteiger partial charge in [-0.3, -0.25) is 0 Å². The topological polar surface area (TPSA) is 12.0 Å². The van der Waals surface area contributed by atoms with E-state index in [-0.39, 0.29) is 0 Å². The first-order chi connectivity index (χ1) is 9.70. The van der Waals surface area contributed by atoms with E-state index in [1.807, 2.05) is 37.0 Å². The molecule has 0 saturated heterocycles. The van der Waals surface area contributed by atoms with E-state index in [4.69, 9.17) is 11.6 Å². The van der Waals surface area contributed by atoms with Crippen LogP contribution >= 0.6 is 23.4 Å². The van der Waals surface area contributed by atoms with Crippen molar-refractivity contribution in [2.45, 2.75) is 24.3 Å². The SMILES string of the molecule is CNC(CSc1ccccc1Cl)Cc1ccccc1C. The van der Waals surface area contributed by atoms with Crippen LogP contribution in [0.15, 0.2) is 53.4 Å². The summed E-state index contributed by atoms with van der Waals surface area (Å²) < 4.78 is 0. The molecular formula is C17H20ClNS. The maximum absolute atomic E-state index is 6.20. The number of hydrogen-bond donors (Lipinski definition) is 1. The number of rotatable bonds is 6. The summed E-state index contributed by atoms with van der Waals surface area (Å²) in [6.45, 7) is 2.17. The van der Waals surface area contributed by atoms with Crippen molar-refractivity contribution in [1.29, 1.82) is 0 Å². The minimum absolute atomic E-state index is 0.442. The lowest BCUT2D eigenvalue weighted by atomic mass is 10.0. The van der Waals surface area contributed by atoms with Crippen LogP contribution in [0.3, 0.4) is 0 Å². The Labute approximate surface area is 130 Å². The second-order valence-electron chi connectivity index (χ2n) is 4.86. The Bertz CT molecular complexity index is 556. The molecule has 0 radical (unpaired) electrons. The monoisotopic (exact) mass is 305 g/mol. The molecule has 1 nitrogen and oxygen atoms in total. The van der Waals surface area contributed by atoms with Crippen LogP contribution in [0.2, 0.25) is 5.02 Å². The van der Waals surface area contributed by atoms with Crippen LogP contribution in [0.25, 0.3) is 0 Å². The van der Waals surface area contributed by atoms with E-state index in [1.165, 1.54) is 11.1 Å². The van der Waals surface area contributed by atoms with E-state index in [1.54, 1.807) is 0 Å². The molecular weight excluding hydrogens is 286 g/mol. The van der Waals surface area contributed by atoms with Crippen LogP contribution in [0.1, 0.15) is 11.1 Å². The average Bonchev–Trinajstić information content (AvgIpc) is 2.47. The molecule has 0 heterocycles. The van der Waals surface area contributed by atoms with Gasteiger partial charge in [-0.1, -0.05) is 48.0 Å². The first-order valence-corrected chi connectivity index (χ1v) is 8.16. The summed E-state index contributed by atoms with van der Waals surface area (Å²) in [5.74, 6) is 1.01. The molecule has 0 aliphatic heterocycles. The van der Waals surface area contributed by atoms with Crippen LogP contribution < -0.4 is 5.32 Å². The van der Waals surface area contributed by atoms with Crippen molar-refractivity contribution >= 4 is 23.4 Å². The zero-order valence-corrected chi connectivity index (χ0v) is 13.5. The summed E-state index contributed by atoms with van der Waals surface area (Å²) in [6.07, 6.45) is 1.04. The van der Waals surface area contributed by atoms with Gasteiger partial charge in [0.1, 0.15) is 0 Å². The Morgan fingerprint density at radius 2 is 1.80 bits per heavy atom. The van der Waals surface area contributed by atoms with Gasteiger partial charge < -0.3 is 5.32 Å². The first kappa shape index (κ1) is 15.4. The van der Waals surface area contributed by atoms with Crippen LogP contribution in [0, 0.1) is 6.92 Å². The van der Waals surface area contributed by atoms with Crippen molar-refractivity contribution in [2.24, 2.45) is 0 Å². The minimum atomic E-state index is 0.442. The molecule has 1 unspecified atom stereocenters. The highest BCUT2D eigenvalue weighted by Gasteiger charge is 2.10. The highest BCUT2D eigenvalue weighted by Crippen LogP contribution is 2.27. The maximum atomic E-state index is 6.20. The highest BCUT2D eigenvalue weighted by atomic mass is 35.5. The van der Waals surface area contributed by atoms with Crippen LogP contribution in [0.5, 0.6) is 0 Å². The molecule has 1 N–H and O–H groups in total. The Morgan fingerprint density at radius 3 is 2.50 bits per heavy atom. The largest absolute Gasteiger partial charge is 0.316 e. The maximum Gasteiger partial charge on any atom is 0.0541 e. The summed E-state index contributed by atoms with van der Waals surface area (Å²) in [4.78, 5) is 1.15. The number of thioether (sulfide) groups is 1. The third kappa shape index (κ3) is 4.27. The first-order valence-electron chi connectivity index (χ1n) is 6.80. The molecule has 20 heavy (non-hydrogen) atoms. The Kier molecular flexibility index (Phi) is 5.96. The Balaban J connectivity index is 1.96. The van der Waals surface area contributed by atoms with Gasteiger partial charge in [0.05, 0.1) is 5.02 Å². The van der Waals surface area contributed by atoms with E-state index < -0.39 is 0 Å². The molecule has 106 valence electrons. The molecule has 2 aromatic rings. The summed E-state index contributed by atoms with van der Waals surface area (Å²) in [5, 5.41) is 4.24. The summed E-state index contributed by atoms with van der Waals surface area (Å²) in [5.41, 5.74) is 2.77. The lowest BCUT2D eigenvalue weighted by molar-refractivity contribution is 0.615. The number of halogens is 1. The molecule has 3 heteroatoms. The zero-order chi connectivity index (χ0) is 14.4. The molecule has 1 atom stereocenters. The quantitative estimate of drug-likeness (QED) is 0.785. The molecule has 2 rings (SSSR count). The fourth-order valence-electron chi connectivity index (χ4n) is 2.10. The second kappa shape index (κ2) is 7.72. The normalized spacial score (nSPS) is 12.3. The molecule has 2 aromatic carbocycles. The minimum Gasteiger partial charge on any atom is -0.316 e. The van der Waals surface area contributed by atoms with E-state index in [0.717, 1.165) is 22.1 Å². The third-order valence-electron chi connectivity index (χ3n) is 3.41. The van der Waals surface area contributed by atoms with Gasteiger partial charge in [0.2, 0.25) is 0 Å². The lowest BCUT2D eigenvalue weighted by Crippen LogP contribution is -2.30. The molecule has 0 aliphatic rings. The van der Waals surface area contributed by atoms with Gasteiger partial charge in [-0.05, 0) is 43.7 Å². The summed E-state index contributed by atoms with van der Waals surface area (Å²) in [7, 11) is 2.02.